The number of nitrogens with zero attached hydrogens (tertiary/aromatic N) is 1. The van der Waals surface area contributed by atoms with E-state index in [0.717, 1.165) is 18.2 Å². The largest absolute Gasteiger partial charge is 0.385 e. The van der Waals surface area contributed by atoms with Gasteiger partial charge >= 0.3 is 0 Å². The predicted octanol–water partition coefficient (Wildman–Crippen LogP) is 5.35. The van der Waals surface area contributed by atoms with E-state index in [1.807, 2.05) is 24.3 Å². The van der Waals surface area contributed by atoms with Crippen molar-refractivity contribution in [3.8, 4) is 0 Å². The summed E-state index contributed by atoms with van der Waals surface area (Å²) in [7, 11) is 0. The van der Waals surface area contributed by atoms with Gasteiger partial charge in [0.25, 0.3) is 12.3 Å². The predicted molar refractivity (Wildman–Crippen MR) is 106 cm³/mol. The molecule has 1 fully saturated rings. The molecule has 28 heavy (non-hydrogen) atoms. The number of imidazole rings is 1. The van der Waals surface area contributed by atoms with Crippen molar-refractivity contribution >= 4 is 28.3 Å². The highest BCUT2D eigenvalue weighted by atomic mass is 19.3. The third kappa shape index (κ3) is 4.13. The summed E-state index contributed by atoms with van der Waals surface area (Å²) in [6.45, 7) is 0.983. The molecule has 1 saturated carbocycles. The number of rotatable bonds is 6. The van der Waals surface area contributed by atoms with Crippen LogP contribution in [0.3, 0.4) is 0 Å². The van der Waals surface area contributed by atoms with Gasteiger partial charge in [-0.2, -0.15) is 0 Å². The van der Waals surface area contributed by atoms with E-state index in [4.69, 9.17) is 0 Å². The summed E-state index contributed by atoms with van der Waals surface area (Å²) in [6, 6.07) is 12.2. The molecule has 1 amide bonds. The Morgan fingerprint density at radius 2 is 1.82 bits per heavy atom. The molecule has 146 valence electrons. The van der Waals surface area contributed by atoms with Crippen LogP contribution in [0.25, 0.3) is 11.0 Å². The highest BCUT2D eigenvalue weighted by Crippen LogP contribution is 2.25. The summed E-state index contributed by atoms with van der Waals surface area (Å²) in [5.41, 5.74) is 2.90. The first-order chi connectivity index (χ1) is 13.6. The first-order valence-corrected chi connectivity index (χ1v) is 9.51. The van der Waals surface area contributed by atoms with Gasteiger partial charge in [0.05, 0.1) is 11.0 Å². The van der Waals surface area contributed by atoms with E-state index in [-0.39, 0.29) is 5.91 Å². The molecule has 5 nitrogen and oxygen atoms in total. The number of amides is 1. The molecule has 1 aliphatic carbocycles. The summed E-state index contributed by atoms with van der Waals surface area (Å²) >= 11 is 0. The number of hydrogen-bond acceptors (Lipinski definition) is 3. The van der Waals surface area contributed by atoms with Gasteiger partial charge in [-0.25, -0.2) is 13.8 Å². The van der Waals surface area contributed by atoms with E-state index >= 15 is 0 Å². The fraction of sp³-hybridized carbons (Fsp3) is 0.333. The summed E-state index contributed by atoms with van der Waals surface area (Å²) in [6.07, 6.45) is 2.56. The molecule has 0 saturated heterocycles. The van der Waals surface area contributed by atoms with Gasteiger partial charge in [0.2, 0.25) is 0 Å². The second-order valence-corrected chi connectivity index (χ2v) is 7.22. The van der Waals surface area contributed by atoms with Gasteiger partial charge in [-0.15, -0.1) is 0 Å². The van der Waals surface area contributed by atoms with Crippen molar-refractivity contribution in [3.63, 3.8) is 0 Å². The van der Waals surface area contributed by atoms with Crippen LogP contribution in [0.1, 0.15) is 48.3 Å². The van der Waals surface area contributed by atoms with Crippen LogP contribution in [-0.4, -0.2) is 22.4 Å². The number of aromatic nitrogens is 2. The second-order valence-electron chi connectivity index (χ2n) is 7.22. The second kappa shape index (κ2) is 7.96. The van der Waals surface area contributed by atoms with Crippen LogP contribution in [0.4, 0.5) is 20.2 Å². The van der Waals surface area contributed by atoms with Crippen LogP contribution >= 0.6 is 0 Å². The van der Waals surface area contributed by atoms with Gasteiger partial charge in [0.1, 0.15) is 0 Å². The number of aromatic amines is 1. The number of carbonyl (C=O) groups excluding carboxylic acids is 1. The minimum Gasteiger partial charge on any atom is -0.385 e. The third-order valence-electron chi connectivity index (χ3n) is 5.18. The Morgan fingerprint density at radius 3 is 2.54 bits per heavy atom. The van der Waals surface area contributed by atoms with Crippen molar-refractivity contribution in [2.45, 2.75) is 32.1 Å². The summed E-state index contributed by atoms with van der Waals surface area (Å²) in [4.78, 5) is 18.8. The minimum atomic E-state index is -2.68. The van der Waals surface area contributed by atoms with Crippen molar-refractivity contribution in [1.82, 2.24) is 9.97 Å². The van der Waals surface area contributed by atoms with Gasteiger partial charge < -0.3 is 15.6 Å². The SMILES string of the molecule is O=C(Nc1ccc(NCC2CCCC2)cc1)c1ccc2nc(C(F)F)[nH]c2c1. The van der Waals surface area contributed by atoms with Crippen LogP contribution in [0, 0.1) is 5.92 Å². The molecule has 0 aliphatic heterocycles. The molecular formula is C21H22F2N4O. The smallest absolute Gasteiger partial charge is 0.295 e. The molecule has 0 bridgehead atoms. The van der Waals surface area contributed by atoms with Crippen LogP contribution in [0.15, 0.2) is 42.5 Å². The van der Waals surface area contributed by atoms with Gasteiger partial charge in [-0.3, -0.25) is 4.79 Å². The Kier molecular flexibility index (Phi) is 5.23. The average Bonchev–Trinajstić information content (AvgIpc) is 3.36. The Balaban J connectivity index is 1.39. The minimum absolute atomic E-state index is 0.304. The lowest BCUT2D eigenvalue weighted by Gasteiger charge is -2.12. The number of alkyl halides is 2. The van der Waals surface area contributed by atoms with Gasteiger partial charge in [0, 0.05) is 23.5 Å². The maximum atomic E-state index is 12.7. The standard InChI is InChI=1S/C21H22F2N4O/c22-19(23)20-26-17-10-5-14(11-18(17)27-20)21(28)25-16-8-6-15(7-9-16)24-12-13-3-1-2-4-13/h5-11,13,19,24H,1-4,12H2,(H,25,28)(H,26,27). The van der Waals surface area contributed by atoms with Crippen LogP contribution in [0.2, 0.25) is 0 Å². The zero-order valence-corrected chi connectivity index (χ0v) is 15.3. The van der Waals surface area contributed by atoms with E-state index in [2.05, 4.69) is 20.6 Å². The number of halogens is 2. The lowest BCUT2D eigenvalue weighted by Crippen LogP contribution is -2.12. The van der Waals surface area contributed by atoms with Crippen molar-refractivity contribution in [3.05, 3.63) is 53.9 Å². The van der Waals surface area contributed by atoms with Gasteiger partial charge in [0.15, 0.2) is 5.82 Å². The summed E-state index contributed by atoms with van der Waals surface area (Å²) < 4.78 is 25.5. The Bertz CT molecular complexity index is 962. The Labute approximate surface area is 161 Å². The molecule has 4 rings (SSSR count). The number of fused-ring (bicyclic) bond motifs is 1. The summed E-state index contributed by atoms with van der Waals surface area (Å²) in [5, 5.41) is 6.27. The van der Waals surface area contributed by atoms with Crippen LogP contribution < -0.4 is 10.6 Å². The number of nitrogens with one attached hydrogen (secondary N) is 3. The zero-order valence-electron chi connectivity index (χ0n) is 15.3. The lowest BCUT2D eigenvalue weighted by atomic mass is 10.1. The van der Waals surface area contributed by atoms with Crippen molar-refractivity contribution in [2.75, 3.05) is 17.2 Å². The van der Waals surface area contributed by atoms with E-state index in [0.29, 0.717) is 22.3 Å². The van der Waals surface area contributed by atoms with E-state index in [9.17, 15) is 13.6 Å². The highest BCUT2D eigenvalue weighted by Gasteiger charge is 2.15. The molecule has 3 N–H and O–H groups in total. The third-order valence-corrected chi connectivity index (χ3v) is 5.18. The van der Waals surface area contributed by atoms with Crippen LogP contribution in [0.5, 0.6) is 0 Å². The quantitative estimate of drug-likeness (QED) is 0.536. The molecule has 0 spiro atoms. The Hall–Kier alpha value is -2.96. The molecule has 1 aliphatic rings. The first-order valence-electron chi connectivity index (χ1n) is 9.51. The molecular weight excluding hydrogens is 362 g/mol. The van der Waals surface area contributed by atoms with Crippen LogP contribution in [-0.2, 0) is 0 Å². The lowest BCUT2D eigenvalue weighted by molar-refractivity contribution is 0.102. The highest BCUT2D eigenvalue weighted by molar-refractivity contribution is 6.06. The molecule has 7 heteroatoms. The molecule has 3 aromatic rings. The number of H-pyrrole nitrogens is 1. The van der Waals surface area contributed by atoms with Crippen molar-refractivity contribution in [1.29, 1.82) is 0 Å². The normalized spacial score (nSPS) is 14.7. The van der Waals surface area contributed by atoms with E-state index in [1.165, 1.54) is 31.7 Å². The summed E-state index contributed by atoms with van der Waals surface area (Å²) in [5.74, 6) is 0.0531. The number of hydrogen-bond donors (Lipinski definition) is 3. The molecule has 1 heterocycles. The van der Waals surface area contributed by atoms with E-state index < -0.39 is 12.2 Å². The fourth-order valence-corrected chi connectivity index (χ4v) is 3.63. The monoisotopic (exact) mass is 384 g/mol. The molecule has 0 atom stereocenters. The number of carbonyl (C=O) groups is 1. The zero-order chi connectivity index (χ0) is 19.5. The topological polar surface area (TPSA) is 69.8 Å². The molecule has 1 aromatic heterocycles. The fourth-order valence-electron chi connectivity index (χ4n) is 3.63. The van der Waals surface area contributed by atoms with Crippen molar-refractivity contribution < 1.29 is 13.6 Å². The first kappa shape index (κ1) is 18.4. The maximum absolute atomic E-state index is 12.7. The van der Waals surface area contributed by atoms with Gasteiger partial charge in [-0.1, -0.05) is 12.8 Å². The Morgan fingerprint density at radius 1 is 1.11 bits per heavy atom. The van der Waals surface area contributed by atoms with E-state index in [1.54, 1.807) is 12.1 Å². The maximum Gasteiger partial charge on any atom is 0.295 e. The van der Waals surface area contributed by atoms with Gasteiger partial charge in [-0.05, 0) is 61.2 Å². The molecule has 2 aromatic carbocycles. The average molecular weight is 384 g/mol. The molecule has 0 unspecified atom stereocenters. The number of benzene rings is 2. The number of anilines is 2. The molecule has 0 radical (unpaired) electrons. The van der Waals surface area contributed by atoms with Crippen molar-refractivity contribution in [2.24, 2.45) is 5.92 Å².